The van der Waals surface area contributed by atoms with Crippen LogP contribution in [0.4, 0.5) is 0 Å². The van der Waals surface area contributed by atoms with E-state index in [4.69, 9.17) is 5.73 Å². The number of hydrogen-bond donors (Lipinski definition) is 1. The molecule has 86 valence electrons. The third-order valence-corrected chi connectivity index (χ3v) is 3.16. The molecular formula is C11H26N2S. The molecule has 0 saturated heterocycles. The van der Waals surface area contributed by atoms with Crippen LogP contribution in [0.2, 0.25) is 0 Å². The SMILES string of the molecule is CSCCN(C)CCCC(C)CCN. The van der Waals surface area contributed by atoms with Gasteiger partial charge in [-0.25, -0.2) is 0 Å². The van der Waals surface area contributed by atoms with Gasteiger partial charge < -0.3 is 10.6 Å². The molecule has 0 bridgehead atoms. The molecule has 1 atom stereocenters. The van der Waals surface area contributed by atoms with Crippen LogP contribution >= 0.6 is 11.8 Å². The van der Waals surface area contributed by atoms with Crippen LogP contribution in [-0.2, 0) is 0 Å². The summed E-state index contributed by atoms with van der Waals surface area (Å²) in [6, 6.07) is 0. The van der Waals surface area contributed by atoms with Crippen LogP contribution in [0.15, 0.2) is 0 Å². The minimum Gasteiger partial charge on any atom is -0.330 e. The Kier molecular flexibility index (Phi) is 10.0. The fourth-order valence-corrected chi connectivity index (χ4v) is 1.99. The number of thioether (sulfide) groups is 1. The second kappa shape index (κ2) is 9.81. The fraction of sp³-hybridized carbons (Fsp3) is 1.00. The second-order valence-corrected chi connectivity index (χ2v) is 5.11. The highest BCUT2D eigenvalue weighted by Crippen LogP contribution is 2.09. The molecule has 2 N–H and O–H groups in total. The molecule has 3 heteroatoms. The molecular weight excluding hydrogens is 192 g/mol. The van der Waals surface area contributed by atoms with Gasteiger partial charge >= 0.3 is 0 Å². The van der Waals surface area contributed by atoms with E-state index < -0.39 is 0 Å². The van der Waals surface area contributed by atoms with E-state index in [0.29, 0.717) is 0 Å². The molecule has 0 aromatic rings. The molecule has 0 aliphatic rings. The highest BCUT2D eigenvalue weighted by atomic mass is 32.2. The van der Waals surface area contributed by atoms with Crippen LogP contribution in [-0.4, -0.2) is 43.6 Å². The fourth-order valence-electron chi connectivity index (χ4n) is 1.50. The first-order valence-corrected chi connectivity index (χ1v) is 6.97. The zero-order valence-corrected chi connectivity index (χ0v) is 10.8. The third-order valence-electron chi connectivity index (χ3n) is 2.57. The van der Waals surface area contributed by atoms with Crippen molar-refractivity contribution in [2.24, 2.45) is 11.7 Å². The first-order chi connectivity index (χ1) is 6.70. The molecule has 14 heavy (non-hydrogen) atoms. The maximum atomic E-state index is 5.51. The van der Waals surface area contributed by atoms with E-state index in [1.165, 1.54) is 38.1 Å². The summed E-state index contributed by atoms with van der Waals surface area (Å²) in [5, 5.41) is 0. The average molecular weight is 218 g/mol. The summed E-state index contributed by atoms with van der Waals surface area (Å²) in [6.07, 6.45) is 5.97. The smallest absolute Gasteiger partial charge is 0.00692 e. The van der Waals surface area contributed by atoms with E-state index in [9.17, 15) is 0 Å². The summed E-state index contributed by atoms with van der Waals surface area (Å²) in [5.41, 5.74) is 5.51. The molecule has 0 heterocycles. The van der Waals surface area contributed by atoms with Gasteiger partial charge in [-0.2, -0.15) is 11.8 Å². The van der Waals surface area contributed by atoms with Crippen molar-refractivity contribution >= 4 is 11.8 Å². The molecule has 1 unspecified atom stereocenters. The molecule has 0 amide bonds. The Bertz CT molecular complexity index is 120. The van der Waals surface area contributed by atoms with Gasteiger partial charge in [0.15, 0.2) is 0 Å². The number of hydrogen-bond acceptors (Lipinski definition) is 3. The van der Waals surface area contributed by atoms with E-state index in [0.717, 1.165) is 12.5 Å². The Labute approximate surface area is 93.6 Å². The Balaban J connectivity index is 3.25. The van der Waals surface area contributed by atoms with Crippen molar-refractivity contribution in [1.29, 1.82) is 0 Å². The minimum absolute atomic E-state index is 0.800. The summed E-state index contributed by atoms with van der Waals surface area (Å²) in [7, 11) is 2.21. The highest BCUT2D eigenvalue weighted by molar-refractivity contribution is 7.98. The van der Waals surface area contributed by atoms with E-state index >= 15 is 0 Å². The van der Waals surface area contributed by atoms with Gasteiger partial charge in [-0.3, -0.25) is 0 Å². The van der Waals surface area contributed by atoms with Crippen molar-refractivity contribution < 1.29 is 0 Å². The van der Waals surface area contributed by atoms with E-state index in [1.807, 2.05) is 11.8 Å². The number of rotatable bonds is 9. The van der Waals surface area contributed by atoms with Crippen LogP contribution in [0.1, 0.15) is 26.2 Å². The summed E-state index contributed by atoms with van der Waals surface area (Å²) >= 11 is 1.92. The van der Waals surface area contributed by atoms with Crippen LogP contribution in [0.3, 0.4) is 0 Å². The molecule has 0 rings (SSSR count). The maximum Gasteiger partial charge on any atom is 0.00692 e. The zero-order valence-electron chi connectivity index (χ0n) is 9.96. The summed E-state index contributed by atoms with van der Waals surface area (Å²) in [4.78, 5) is 2.42. The van der Waals surface area contributed by atoms with Gasteiger partial charge in [-0.1, -0.05) is 6.92 Å². The lowest BCUT2D eigenvalue weighted by molar-refractivity contribution is 0.330. The predicted molar refractivity (Wildman–Crippen MR) is 67.9 cm³/mol. The first kappa shape index (κ1) is 14.3. The van der Waals surface area contributed by atoms with Gasteiger partial charge in [-0.15, -0.1) is 0 Å². The normalized spacial score (nSPS) is 13.5. The second-order valence-electron chi connectivity index (χ2n) is 4.12. The zero-order chi connectivity index (χ0) is 10.8. The van der Waals surface area contributed by atoms with Gasteiger partial charge in [0.25, 0.3) is 0 Å². The lowest BCUT2D eigenvalue weighted by atomic mass is 10.0. The lowest BCUT2D eigenvalue weighted by Crippen LogP contribution is -2.22. The molecule has 0 fully saturated rings. The Morgan fingerprint density at radius 1 is 1.29 bits per heavy atom. The van der Waals surface area contributed by atoms with Crippen LogP contribution in [0.25, 0.3) is 0 Å². The van der Waals surface area contributed by atoms with Gasteiger partial charge in [-0.05, 0) is 51.6 Å². The molecule has 0 spiro atoms. The summed E-state index contributed by atoms with van der Waals surface area (Å²) in [6.45, 7) is 5.58. The highest BCUT2D eigenvalue weighted by Gasteiger charge is 2.02. The number of nitrogens with two attached hydrogens (primary N) is 1. The van der Waals surface area contributed by atoms with Crippen LogP contribution < -0.4 is 5.73 Å². The van der Waals surface area contributed by atoms with Crippen molar-refractivity contribution in [3.63, 3.8) is 0 Å². The average Bonchev–Trinajstić information content (AvgIpc) is 2.15. The molecule has 0 aliphatic carbocycles. The van der Waals surface area contributed by atoms with Gasteiger partial charge in [0.05, 0.1) is 0 Å². The van der Waals surface area contributed by atoms with Crippen molar-refractivity contribution in [3.05, 3.63) is 0 Å². The molecule has 2 nitrogen and oxygen atoms in total. The van der Waals surface area contributed by atoms with Gasteiger partial charge in [0.2, 0.25) is 0 Å². The quantitative estimate of drug-likeness (QED) is 0.642. The van der Waals surface area contributed by atoms with Crippen LogP contribution in [0.5, 0.6) is 0 Å². The molecule has 0 radical (unpaired) electrons. The standard InChI is InChI=1S/C11H26N2S/c1-11(6-7-12)5-4-8-13(2)9-10-14-3/h11H,4-10,12H2,1-3H3. The Hall–Kier alpha value is 0.270. The molecule has 0 aliphatic heterocycles. The van der Waals surface area contributed by atoms with Gasteiger partial charge in [0.1, 0.15) is 0 Å². The Morgan fingerprint density at radius 3 is 2.57 bits per heavy atom. The van der Waals surface area contributed by atoms with E-state index in [1.54, 1.807) is 0 Å². The largest absolute Gasteiger partial charge is 0.330 e. The molecule has 0 aromatic carbocycles. The van der Waals surface area contributed by atoms with Crippen molar-refractivity contribution in [2.45, 2.75) is 26.2 Å². The predicted octanol–water partition coefficient (Wildman–Crippen LogP) is 2.05. The van der Waals surface area contributed by atoms with Gasteiger partial charge in [0, 0.05) is 12.3 Å². The van der Waals surface area contributed by atoms with Crippen molar-refractivity contribution in [1.82, 2.24) is 4.90 Å². The molecule has 0 aromatic heterocycles. The third kappa shape index (κ3) is 8.85. The van der Waals surface area contributed by atoms with Crippen molar-refractivity contribution in [3.8, 4) is 0 Å². The molecule has 0 saturated carbocycles. The van der Waals surface area contributed by atoms with E-state index in [2.05, 4.69) is 25.1 Å². The summed E-state index contributed by atoms with van der Waals surface area (Å²) < 4.78 is 0. The monoisotopic (exact) mass is 218 g/mol. The lowest BCUT2D eigenvalue weighted by Gasteiger charge is -2.17. The van der Waals surface area contributed by atoms with E-state index in [-0.39, 0.29) is 0 Å². The first-order valence-electron chi connectivity index (χ1n) is 5.58. The van der Waals surface area contributed by atoms with Crippen LogP contribution in [0, 0.1) is 5.92 Å². The number of nitrogens with zero attached hydrogens (tertiary/aromatic N) is 1. The Morgan fingerprint density at radius 2 is 2.00 bits per heavy atom. The summed E-state index contributed by atoms with van der Waals surface area (Å²) in [5.74, 6) is 2.04. The van der Waals surface area contributed by atoms with Crippen molar-refractivity contribution in [2.75, 3.05) is 38.7 Å². The topological polar surface area (TPSA) is 29.3 Å². The maximum absolute atomic E-state index is 5.51. The minimum atomic E-state index is 0.800.